The Labute approximate surface area is 105 Å². The van der Waals surface area contributed by atoms with Gasteiger partial charge in [0.15, 0.2) is 0 Å². The molecule has 0 saturated carbocycles. The Morgan fingerprint density at radius 3 is 2.76 bits per heavy atom. The van der Waals surface area contributed by atoms with Gasteiger partial charge in [-0.2, -0.15) is 0 Å². The van der Waals surface area contributed by atoms with Crippen molar-refractivity contribution in [3.05, 3.63) is 0 Å². The molecule has 1 heterocycles. The van der Waals surface area contributed by atoms with E-state index in [1.54, 1.807) is 4.90 Å². The molecular formula is C13H27N3O. The smallest absolute Gasteiger partial charge is 0.236 e. The SMILES string of the molecule is CC(C)NCC1CCCN(CC(=O)N(C)C)C1. The third-order valence-corrected chi connectivity index (χ3v) is 3.28. The summed E-state index contributed by atoms with van der Waals surface area (Å²) in [6, 6.07) is 0.550. The van der Waals surface area contributed by atoms with Crippen LogP contribution in [-0.4, -0.2) is 62.0 Å². The highest BCUT2D eigenvalue weighted by atomic mass is 16.2. The summed E-state index contributed by atoms with van der Waals surface area (Å²) < 4.78 is 0. The highest BCUT2D eigenvalue weighted by Gasteiger charge is 2.21. The van der Waals surface area contributed by atoms with Gasteiger partial charge in [-0.15, -0.1) is 0 Å². The number of amides is 1. The van der Waals surface area contributed by atoms with Gasteiger partial charge in [0, 0.05) is 26.7 Å². The number of nitrogens with one attached hydrogen (secondary N) is 1. The lowest BCUT2D eigenvalue weighted by atomic mass is 9.97. The fraction of sp³-hybridized carbons (Fsp3) is 0.923. The van der Waals surface area contributed by atoms with Crippen LogP contribution < -0.4 is 5.32 Å². The van der Waals surface area contributed by atoms with Crippen LogP contribution in [0.25, 0.3) is 0 Å². The van der Waals surface area contributed by atoms with Gasteiger partial charge in [0.05, 0.1) is 6.54 Å². The van der Waals surface area contributed by atoms with Gasteiger partial charge in [0.2, 0.25) is 5.91 Å². The molecule has 0 aromatic rings. The number of rotatable bonds is 5. The summed E-state index contributed by atoms with van der Waals surface area (Å²) in [7, 11) is 3.65. The van der Waals surface area contributed by atoms with E-state index in [1.807, 2.05) is 14.1 Å². The van der Waals surface area contributed by atoms with E-state index in [0.717, 1.165) is 19.6 Å². The van der Waals surface area contributed by atoms with Crippen molar-refractivity contribution in [1.29, 1.82) is 0 Å². The minimum atomic E-state index is 0.211. The lowest BCUT2D eigenvalue weighted by molar-refractivity contribution is -0.130. The van der Waals surface area contributed by atoms with Crippen molar-refractivity contribution in [3.8, 4) is 0 Å². The number of likely N-dealkylation sites (N-methyl/N-ethyl adjacent to an activating group) is 1. The van der Waals surface area contributed by atoms with E-state index >= 15 is 0 Å². The summed E-state index contributed by atoms with van der Waals surface area (Å²) in [6.45, 7) is 8.12. The molecule has 100 valence electrons. The second kappa shape index (κ2) is 6.97. The van der Waals surface area contributed by atoms with E-state index in [0.29, 0.717) is 18.5 Å². The Balaban J connectivity index is 2.31. The first kappa shape index (κ1) is 14.5. The molecule has 0 spiro atoms. The Hall–Kier alpha value is -0.610. The molecule has 4 heteroatoms. The summed E-state index contributed by atoms with van der Waals surface area (Å²) in [5, 5.41) is 3.49. The molecule has 4 nitrogen and oxygen atoms in total. The van der Waals surface area contributed by atoms with E-state index in [2.05, 4.69) is 24.1 Å². The fourth-order valence-electron chi connectivity index (χ4n) is 2.20. The molecule has 1 amide bonds. The standard InChI is InChI=1S/C13H27N3O/c1-11(2)14-8-12-6-5-7-16(9-12)10-13(17)15(3)4/h11-12,14H,5-10H2,1-4H3. The van der Waals surface area contributed by atoms with Crippen molar-refractivity contribution in [2.24, 2.45) is 5.92 Å². The molecule has 1 unspecified atom stereocenters. The highest BCUT2D eigenvalue weighted by molar-refractivity contribution is 5.77. The first-order valence-corrected chi connectivity index (χ1v) is 6.65. The predicted octanol–water partition coefficient (Wildman–Crippen LogP) is 0.785. The molecule has 1 aliphatic rings. The third kappa shape index (κ3) is 5.50. The molecule has 1 rings (SSSR count). The first-order valence-electron chi connectivity index (χ1n) is 6.65. The number of hydrogen-bond donors (Lipinski definition) is 1. The predicted molar refractivity (Wildman–Crippen MR) is 71.0 cm³/mol. The molecule has 1 N–H and O–H groups in total. The number of carbonyl (C=O) groups excluding carboxylic acids is 1. The molecule has 1 aliphatic heterocycles. The van der Waals surface area contributed by atoms with Crippen LogP contribution in [-0.2, 0) is 4.79 Å². The second-order valence-electron chi connectivity index (χ2n) is 5.59. The van der Waals surface area contributed by atoms with Crippen molar-refractivity contribution < 1.29 is 4.79 Å². The Bertz CT molecular complexity index is 241. The van der Waals surface area contributed by atoms with Crippen LogP contribution in [0.3, 0.4) is 0 Å². The minimum Gasteiger partial charge on any atom is -0.348 e. The van der Waals surface area contributed by atoms with E-state index < -0.39 is 0 Å². The van der Waals surface area contributed by atoms with Gasteiger partial charge in [-0.3, -0.25) is 9.69 Å². The minimum absolute atomic E-state index is 0.211. The number of nitrogens with zero attached hydrogens (tertiary/aromatic N) is 2. The molecular weight excluding hydrogens is 214 g/mol. The van der Waals surface area contributed by atoms with E-state index in [4.69, 9.17) is 0 Å². The van der Waals surface area contributed by atoms with Crippen LogP contribution in [0.1, 0.15) is 26.7 Å². The molecule has 1 atom stereocenters. The molecule has 1 saturated heterocycles. The van der Waals surface area contributed by atoms with Crippen LogP contribution in [0.4, 0.5) is 0 Å². The number of likely N-dealkylation sites (tertiary alicyclic amines) is 1. The van der Waals surface area contributed by atoms with Gasteiger partial charge in [-0.25, -0.2) is 0 Å². The number of carbonyl (C=O) groups is 1. The maximum absolute atomic E-state index is 11.7. The Morgan fingerprint density at radius 2 is 2.18 bits per heavy atom. The molecule has 17 heavy (non-hydrogen) atoms. The van der Waals surface area contributed by atoms with Gasteiger partial charge >= 0.3 is 0 Å². The molecule has 1 fully saturated rings. The quantitative estimate of drug-likeness (QED) is 0.773. The van der Waals surface area contributed by atoms with Crippen molar-refractivity contribution in [2.75, 3.05) is 40.3 Å². The fourth-order valence-corrected chi connectivity index (χ4v) is 2.20. The zero-order chi connectivity index (χ0) is 12.8. The monoisotopic (exact) mass is 241 g/mol. The van der Waals surface area contributed by atoms with Crippen LogP contribution in [0.5, 0.6) is 0 Å². The van der Waals surface area contributed by atoms with Crippen LogP contribution in [0.15, 0.2) is 0 Å². The van der Waals surface area contributed by atoms with Crippen LogP contribution >= 0.6 is 0 Å². The topological polar surface area (TPSA) is 35.6 Å². The maximum Gasteiger partial charge on any atom is 0.236 e. The van der Waals surface area contributed by atoms with Gasteiger partial charge in [0.1, 0.15) is 0 Å². The first-order chi connectivity index (χ1) is 7.99. The summed E-state index contributed by atoms with van der Waals surface area (Å²) in [5.74, 6) is 0.906. The summed E-state index contributed by atoms with van der Waals surface area (Å²) in [4.78, 5) is 15.6. The zero-order valence-electron chi connectivity index (χ0n) is 11.7. The van der Waals surface area contributed by atoms with Crippen LogP contribution in [0, 0.1) is 5.92 Å². The van der Waals surface area contributed by atoms with E-state index in [-0.39, 0.29) is 5.91 Å². The van der Waals surface area contributed by atoms with Crippen molar-refractivity contribution >= 4 is 5.91 Å². The van der Waals surface area contributed by atoms with E-state index in [1.165, 1.54) is 12.8 Å². The largest absolute Gasteiger partial charge is 0.348 e. The normalized spacial score (nSPS) is 21.8. The number of piperidine rings is 1. The lowest BCUT2D eigenvalue weighted by Gasteiger charge is -2.33. The van der Waals surface area contributed by atoms with Crippen molar-refractivity contribution in [3.63, 3.8) is 0 Å². The van der Waals surface area contributed by atoms with E-state index in [9.17, 15) is 4.79 Å². The van der Waals surface area contributed by atoms with Gasteiger partial charge in [0.25, 0.3) is 0 Å². The Kier molecular flexibility index (Phi) is 5.92. The maximum atomic E-state index is 11.7. The van der Waals surface area contributed by atoms with Crippen molar-refractivity contribution in [1.82, 2.24) is 15.1 Å². The lowest BCUT2D eigenvalue weighted by Crippen LogP contribution is -2.44. The summed E-state index contributed by atoms with van der Waals surface area (Å²) in [5.41, 5.74) is 0. The zero-order valence-corrected chi connectivity index (χ0v) is 11.7. The van der Waals surface area contributed by atoms with Gasteiger partial charge < -0.3 is 10.2 Å². The second-order valence-corrected chi connectivity index (χ2v) is 5.59. The highest BCUT2D eigenvalue weighted by Crippen LogP contribution is 2.15. The van der Waals surface area contributed by atoms with Gasteiger partial charge in [-0.05, 0) is 31.8 Å². The molecule has 0 bridgehead atoms. The van der Waals surface area contributed by atoms with Crippen molar-refractivity contribution in [2.45, 2.75) is 32.7 Å². The molecule has 0 aliphatic carbocycles. The number of hydrogen-bond acceptors (Lipinski definition) is 3. The molecule has 0 aromatic carbocycles. The third-order valence-electron chi connectivity index (χ3n) is 3.28. The summed E-state index contributed by atoms with van der Waals surface area (Å²) >= 11 is 0. The average molecular weight is 241 g/mol. The van der Waals surface area contributed by atoms with Gasteiger partial charge in [-0.1, -0.05) is 13.8 Å². The summed E-state index contributed by atoms with van der Waals surface area (Å²) in [6.07, 6.45) is 2.50. The molecule has 0 radical (unpaired) electrons. The van der Waals surface area contributed by atoms with Crippen LogP contribution in [0.2, 0.25) is 0 Å². The molecule has 0 aromatic heterocycles. The average Bonchev–Trinajstić information content (AvgIpc) is 2.26. The Morgan fingerprint density at radius 1 is 1.47 bits per heavy atom.